The second-order valence-corrected chi connectivity index (χ2v) is 8.64. The van der Waals surface area contributed by atoms with E-state index >= 15 is 0 Å². The van der Waals surface area contributed by atoms with Crippen LogP contribution in [0.3, 0.4) is 0 Å². The SMILES string of the molecule is COc1ccc(CNc2nnc(N3CCN(c4ccccn4)CC3)c3ccc(C#N)cc23)cc1Cl.Cl.Cl. The second-order valence-electron chi connectivity index (χ2n) is 8.23. The minimum absolute atomic E-state index is 0. The van der Waals surface area contributed by atoms with Crippen molar-refractivity contribution in [2.45, 2.75) is 6.54 Å². The van der Waals surface area contributed by atoms with Crippen molar-refractivity contribution in [3.05, 3.63) is 76.9 Å². The lowest BCUT2D eigenvalue weighted by Gasteiger charge is -2.36. The van der Waals surface area contributed by atoms with Gasteiger partial charge in [-0.2, -0.15) is 5.26 Å². The summed E-state index contributed by atoms with van der Waals surface area (Å²) in [6.45, 7) is 3.80. The van der Waals surface area contributed by atoms with Gasteiger partial charge in [-0.3, -0.25) is 0 Å². The van der Waals surface area contributed by atoms with Crippen LogP contribution in [0.15, 0.2) is 60.8 Å². The number of nitriles is 1. The van der Waals surface area contributed by atoms with Crippen LogP contribution in [0, 0.1) is 11.3 Å². The largest absolute Gasteiger partial charge is 0.495 e. The molecule has 2 aromatic heterocycles. The number of methoxy groups -OCH3 is 1. The Morgan fingerprint density at radius 3 is 2.43 bits per heavy atom. The number of benzene rings is 2. The standard InChI is InChI=1S/C26H24ClN7O.2ClH/c1-35-23-8-6-19(15-22(23)27)17-30-25-21-14-18(16-28)5-7-20(21)26(32-31-25)34-12-10-33(11-13-34)24-4-2-3-9-29-24;;/h2-9,14-15H,10-13,17H2,1H3,(H,30,31);2*1H. The predicted molar refractivity (Wildman–Crippen MR) is 153 cm³/mol. The van der Waals surface area contributed by atoms with Crippen molar-refractivity contribution in [1.29, 1.82) is 5.26 Å². The summed E-state index contributed by atoms with van der Waals surface area (Å²) in [5.74, 6) is 3.06. The lowest BCUT2D eigenvalue weighted by Crippen LogP contribution is -2.47. The van der Waals surface area contributed by atoms with E-state index in [1.807, 2.05) is 60.8 Å². The third-order valence-electron chi connectivity index (χ3n) is 6.12. The molecule has 2 aromatic carbocycles. The van der Waals surface area contributed by atoms with Gasteiger partial charge in [0, 0.05) is 49.7 Å². The highest BCUT2D eigenvalue weighted by Gasteiger charge is 2.22. The van der Waals surface area contributed by atoms with E-state index < -0.39 is 0 Å². The van der Waals surface area contributed by atoms with Crippen LogP contribution in [0.5, 0.6) is 5.75 Å². The van der Waals surface area contributed by atoms with Crippen molar-refractivity contribution in [1.82, 2.24) is 15.2 Å². The van der Waals surface area contributed by atoms with Gasteiger partial charge in [-0.25, -0.2) is 4.98 Å². The van der Waals surface area contributed by atoms with E-state index in [2.05, 4.69) is 36.4 Å². The lowest BCUT2D eigenvalue weighted by atomic mass is 10.1. The van der Waals surface area contributed by atoms with E-state index in [1.54, 1.807) is 7.11 Å². The van der Waals surface area contributed by atoms with Crippen LogP contribution >= 0.6 is 36.4 Å². The van der Waals surface area contributed by atoms with Crippen LogP contribution in [0.1, 0.15) is 11.1 Å². The highest BCUT2D eigenvalue weighted by molar-refractivity contribution is 6.32. The smallest absolute Gasteiger partial charge is 0.159 e. The summed E-state index contributed by atoms with van der Waals surface area (Å²) in [4.78, 5) is 8.98. The number of hydrogen-bond acceptors (Lipinski definition) is 8. The van der Waals surface area contributed by atoms with Gasteiger partial charge in [0.1, 0.15) is 11.6 Å². The van der Waals surface area contributed by atoms with E-state index in [9.17, 15) is 5.26 Å². The molecule has 8 nitrogen and oxygen atoms in total. The topological polar surface area (TPSA) is 90.2 Å². The van der Waals surface area contributed by atoms with E-state index in [1.165, 1.54) is 0 Å². The molecule has 11 heteroatoms. The third kappa shape index (κ3) is 6.08. The fourth-order valence-corrected chi connectivity index (χ4v) is 4.55. The Balaban J connectivity index is 0.00000190. The number of anilines is 3. The number of nitrogens with one attached hydrogen (secondary N) is 1. The second kappa shape index (κ2) is 12.6. The minimum atomic E-state index is 0. The van der Waals surface area contributed by atoms with Crippen molar-refractivity contribution in [3.63, 3.8) is 0 Å². The number of halogens is 3. The van der Waals surface area contributed by atoms with Crippen molar-refractivity contribution in [2.24, 2.45) is 0 Å². The maximum Gasteiger partial charge on any atom is 0.159 e. The number of rotatable bonds is 6. The van der Waals surface area contributed by atoms with Gasteiger partial charge in [0.2, 0.25) is 0 Å². The molecule has 1 fully saturated rings. The predicted octanol–water partition coefficient (Wildman–Crippen LogP) is 5.34. The third-order valence-corrected chi connectivity index (χ3v) is 6.41. The monoisotopic (exact) mass is 557 g/mol. The van der Waals surface area contributed by atoms with Crippen LogP contribution in [0.4, 0.5) is 17.5 Å². The summed E-state index contributed by atoms with van der Waals surface area (Å²) in [5.41, 5.74) is 1.56. The number of piperazine rings is 1. The Hall–Kier alpha value is -3.51. The highest BCUT2D eigenvalue weighted by Crippen LogP contribution is 2.31. The Kier molecular flexibility index (Phi) is 9.59. The van der Waals surface area contributed by atoms with Gasteiger partial charge in [-0.15, -0.1) is 35.0 Å². The number of pyridine rings is 1. The zero-order valence-electron chi connectivity index (χ0n) is 20.1. The molecule has 0 amide bonds. The molecule has 3 heterocycles. The van der Waals surface area contributed by atoms with Gasteiger partial charge in [-0.05, 0) is 48.0 Å². The van der Waals surface area contributed by atoms with Crippen molar-refractivity contribution in [3.8, 4) is 11.8 Å². The quantitative estimate of drug-likeness (QED) is 0.339. The first-order chi connectivity index (χ1) is 17.2. The summed E-state index contributed by atoms with van der Waals surface area (Å²) < 4.78 is 5.23. The van der Waals surface area contributed by atoms with Gasteiger partial charge < -0.3 is 19.9 Å². The van der Waals surface area contributed by atoms with E-state index in [0.717, 1.165) is 54.2 Å². The molecule has 192 valence electrons. The lowest BCUT2D eigenvalue weighted by molar-refractivity contribution is 0.415. The normalized spacial score (nSPS) is 12.8. The molecule has 0 spiro atoms. The Morgan fingerprint density at radius 2 is 1.76 bits per heavy atom. The summed E-state index contributed by atoms with van der Waals surface area (Å²) >= 11 is 6.27. The molecule has 0 unspecified atom stereocenters. The Labute approximate surface area is 233 Å². The number of ether oxygens (including phenoxy) is 1. The number of aromatic nitrogens is 3. The van der Waals surface area contributed by atoms with E-state index in [-0.39, 0.29) is 24.8 Å². The van der Waals surface area contributed by atoms with Crippen LogP contribution in [-0.2, 0) is 6.54 Å². The zero-order valence-corrected chi connectivity index (χ0v) is 22.5. The van der Waals surface area contributed by atoms with Gasteiger partial charge in [0.05, 0.1) is 23.8 Å². The van der Waals surface area contributed by atoms with Crippen molar-refractivity contribution >= 4 is 64.6 Å². The highest BCUT2D eigenvalue weighted by atomic mass is 35.5. The van der Waals surface area contributed by atoms with Crippen LogP contribution in [0.25, 0.3) is 10.8 Å². The Morgan fingerprint density at radius 1 is 0.973 bits per heavy atom. The van der Waals surface area contributed by atoms with Gasteiger partial charge in [0.25, 0.3) is 0 Å². The van der Waals surface area contributed by atoms with Crippen LogP contribution < -0.4 is 19.9 Å². The molecule has 0 radical (unpaired) electrons. The zero-order chi connectivity index (χ0) is 24.2. The van der Waals surface area contributed by atoms with Crippen molar-refractivity contribution < 1.29 is 4.74 Å². The number of fused-ring (bicyclic) bond motifs is 1. The number of nitrogens with zero attached hydrogens (tertiary/aromatic N) is 6. The van der Waals surface area contributed by atoms with E-state index in [0.29, 0.717) is 28.7 Å². The molecule has 4 aromatic rings. The first-order valence-electron chi connectivity index (χ1n) is 11.3. The number of hydrogen-bond donors (Lipinski definition) is 1. The summed E-state index contributed by atoms with van der Waals surface area (Å²) in [6.07, 6.45) is 1.82. The van der Waals surface area contributed by atoms with Crippen LogP contribution in [0.2, 0.25) is 5.02 Å². The van der Waals surface area contributed by atoms with E-state index in [4.69, 9.17) is 16.3 Å². The maximum absolute atomic E-state index is 9.48. The summed E-state index contributed by atoms with van der Waals surface area (Å²) in [5, 5.41) is 24.3. The maximum atomic E-state index is 9.48. The molecule has 5 rings (SSSR count). The summed E-state index contributed by atoms with van der Waals surface area (Å²) in [6, 6.07) is 19.5. The molecule has 1 aliphatic heterocycles. The molecule has 0 saturated carbocycles. The Bertz CT molecular complexity index is 1390. The van der Waals surface area contributed by atoms with Crippen LogP contribution in [-0.4, -0.2) is 48.5 Å². The molecule has 1 saturated heterocycles. The average molecular weight is 559 g/mol. The van der Waals surface area contributed by atoms with Crippen molar-refractivity contribution in [2.75, 3.05) is 48.4 Å². The fourth-order valence-electron chi connectivity index (χ4n) is 4.27. The average Bonchev–Trinajstić information content (AvgIpc) is 2.92. The summed E-state index contributed by atoms with van der Waals surface area (Å²) in [7, 11) is 1.59. The molecule has 0 aliphatic carbocycles. The minimum Gasteiger partial charge on any atom is -0.495 e. The molecule has 1 N–H and O–H groups in total. The van der Waals surface area contributed by atoms with Gasteiger partial charge in [-0.1, -0.05) is 23.7 Å². The van der Waals surface area contributed by atoms with Gasteiger partial charge in [0.15, 0.2) is 11.6 Å². The molecule has 0 atom stereocenters. The molecular weight excluding hydrogens is 533 g/mol. The molecule has 1 aliphatic rings. The fraction of sp³-hybridized carbons (Fsp3) is 0.231. The van der Waals surface area contributed by atoms with Gasteiger partial charge >= 0.3 is 0 Å². The molecule has 37 heavy (non-hydrogen) atoms. The molecule has 0 bridgehead atoms. The first-order valence-corrected chi connectivity index (χ1v) is 11.7. The first kappa shape index (κ1) is 28.1. The molecular formula is C26H26Cl3N7O.